The largest absolute Gasteiger partial charge is 0.335 e. The summed E-state index contributed by atoms with van der Waals surface area (Å²) in [6, 6.07) is 13.7. The molecule has 3 aromatic rings. The number of aromatic nitrogens is 1. The molecule has 0 N–H and O–H groups in total. The molecule has 4 rings (SSSR count). The van der Waals surface area contributed by atoms with E-state index in [1.54, 1.807) is 0 Å². The standard InChI is InChI=1S/C20H14ClNO2/c1-12-7-15-17(11-24)19(13-5-3-2-4-6-13)22-9-14(10-23)18(21)16(8-12)20(15)22/h2-8,10-11H,9H2,1H3. The Morgan fingerprint density at radius 1 is 1.08 bits per heavy atom. The summed E-state index contributed by atoms with van der Waals surface area (Å²) in [5.74, 6) is 0. The van der Waals surface area contributed by atoms with Crippen LogP contribution in [0, 0.1) is 6.92 Å². The van der Waals surface area contributed by atoms with Crippen molar-refractivity contribution in [1.82, 2.24) is 4.57 Å². The second-order valence-corrected chi connectivity index (χ2v) is 6.38. The van der Waals surface area contributed by atoms with E-state index in [1.165, 1.54) is 0 Å². The van der Waals surface area contributed by atoms with Crippen LogP contribution < -0.4 is 0 Å². The highest BCUT2D eigenvalue weighted by atomic mass is 35.5. The molecule has 118 valence electrons. The van der Waals surface area contributed by atoms with Crippen LogP contribution in [-0.2, 0) is 11.3 Å². The summed E-state index contributed by atoms with van der Waals surface area (Å²) in [6.45, 7) is 2.33. The van der Waals surface area contributed by atoms with E-state index < -0.39 is 0 Å². The summed E-state index contributed by atoms with van der Waals surface area (Å²) in [6.07, 6.45) is 1.69. The normalized spacial score (nSPS) is 13.4. The van der Waals surface area contributed by atoms with Gasteiger partial charge in [-0.25, -0.2) is 0 Å². The third kappa shape index (κ3) is 1.98. The Bertz CT molecular complexity index is 1030. The lowest BCUT2D eigenvalue weighted by Gasteiger charge is -2.19. The predicted octanol–water partition coefficient (Wildman–Crippen LogP) is 4.59. The predicted molar refractivity (Wildman–Crippen MR) is 96.3 cm³/mol. The zero-order valence-electron chi connectivity index (χ0n) is 13.0. The van der Waals surface area contributed by atoms with Crippen LogP contribution in [0.15, 0.2) is 48.0 Å². The highest BCUT2D eigenvalue weighted by Crippen LogP contribution is 2.42. The highest BCUT2D eigenvalue weighted by molar-refractivity contribution is 6.51. The topological polar surface area (TPSA) is 39.1 Å². The zero-order chi connectivity index (χ0) is 16.8. The number of carbonyl (C=O) groups is 2. The number of aryl methyl sites for hydroxylation is 1. The SMILES string of the molecule is Cc1cc2c3c(c1)c(C=O)c(-c1ccccc1)n3CC(C=O)=C2Cl. The molecular weight excluding hydrogens is 322 g/mol. The summed E-state index contributed by atoms with van der Waals surface area (Å²) < 4.78 is 2.03. The highest BCUT2D eigenvalue weighted by Gasteiger charge is 2.26. The summed E-state index contributed by atoms with van der Waals surface area (Å²) in [5, 5.41) is 1.35. The van der Waals surface area contributed by atoms with Crippen LogP contribution in [0.25, 0.3) is 27.2 Å². The van der Waals surface area contributed by atoms with Gasteiger partial charge in [-0.2, -0.15) is 0 Å². The maximum atomic E-state index is 11.9. The third-order valence-corrected chi connectivity index (χ3v) is 4.94. The van der Waals surface area contributed by atoms with Crippen molar-refractivity contribution in [2.24, 2.45) is 0 Å². The fourth-order valence-corrected chi connectivity index (χ4v) is 3.76. The monoisotopic (exact) mass is 335 g/mol. The molecule has 1 aliphatic rings. The van der Waals surface area contributed by atoms with Gasteiger partial charge in [0.1, 0.15) is 6.29 Å². The van der Waals surface area contributed by atoms with Gasteiger partial charge in [-0.15, -0.1) is 0 Å². The molecule has 3 nitrogen and oxygen atoms in total. The molecule has 0 amide bonds. The second kappa shape index (κ2) is 5.46. The molecule has 1 aromatic heterocycles. The molecule has 1 aliphatic heterocycles. The lowest BCUT2D eigenvalue weighted by molar-refractivity contribution is -0.105. The van der Waals surface area contributed by atoms with Gasteiger partial charge in [0.25, 0.3) is 0 Å². The summed E-state index contributed by atoms with van der Waals surface area (Å²) in [5.41, 5.74) is 5.67. The molecule has 0 unspecified atom stereocenters. The second-order valence-electron chi connectivity index (χ2n) is 6.00. The van der Waals surface area contributed by atoms with Gasteiger partial charge >= 0.3 is 0 Å². The van der Waals surface area contributed by atoms with E-state index in [4.69, 9.17) is 11.6 Å². The first-order chi connectivity index (χ1) is 11.7. The van der Waals surface area contributed by atoms with Gasteiger partial charge in [-0.3, -0.25) is 9.59 Å². The first-order valence-electron chi connectivity index (χ1n) is 7.67. The molecular formula is C20H14ClNO2. The van der Waals surface area contributed by atoms with Crippen molar-refractivity contribution in [3.63, 3.8) is 0 Å². The van der Waals surface area contributed by atoms with Crippen LogP contribution in [0.3, 0.4) is 0 Å². The van der Waals surface area contributed by atoms with E-state index in [9.17, 15) is 9.59 Å². The van der Waals surface area contributed by atoms with Gasteiger partial charge in [0, 0.05) is 22.1 Å². The van der Waals surface area contributed by atoms with Crippen LogP contribution in [0.4, 0.5) is 0 Å². The van der Waals surface area contributed by atoms with Crippen molar-refractivity contribution in [1.29, 1.82) is 0 Å². The van der Waals surface area contributed by atoms with Crippen molar-refractivity contribution >= 4 is 40.1 Å². The molecule has 0 fully saturated rings. The van der Waals surface area contributed by atoms with Crippen LogP contribution in [0.2, 0.25) is 0 Å². The number of allylic oxidation sites excluding steroid dienone is 1. The van der Waals surface area contributed by atoms with Crippen molar-refractivity contribution < 1.29 is 9.59 Å². The smallest absolute Gasteiger partial charge is 0.152 e. The lowest BCUT2D eigenvalue weighted by Crippen LogP contribution is -2.11. The van der Waals surface area contributed by atoms with Crippen LogP contribution >= 0.6 is 11.6 Å². The van der Waals surface area contributed by atoms with Crippen molar-refractivity contribution in [3.8, 4) is 11.3 Å². The van der Waals surface area contributed by atoms with Gasteiger partial charge < -0.3 is 4.57 Å². The number of halogens is 1. The van der Waals surface area contributed by atoms with E-state index >= 15 is 0 Å². The fourth-order valence-electron chi connectivity index (χ4n) is 3.51. The first kappa shape index (κ1) is 14.9. The minimum Gasteiger partial charge on any atom is -0.335 e. The Kier molecular flexibility index (Phi) is 3.39. The molecule has 24 heavy (non-hydrogen) atoms. The van der Waals surface area contributed by atoms with Crippen molar-refractivity contribution in [2.75, 3.05) is 0 Å². The number of rotatable bonds is 3. The van der Waals surface area contributed by atoms with Gasteiger partial charge in [0.15, 0.2) is 6.29 Å². The molecule has 0 radical (unpaired) electrons. The number of benzene rings is 2. The summed E-state index contributed by atoms with van der Waals surface area (Å²) in [4.78, 5) is 23.4. The average Bonchev–Trinajstić information content (AvgIpc) is 2.92. The number of hydrogen-bond acceptors (Lipinski definition) is 2. The molecule has 2 heterocycles. The molecule has 0 saturated heterocycles. The molecule has 0 aliphatic carbocycles. The number of nitrogens with zero attached hydrogens (tertiary/aromatic N) is 1. The zero-order valence-corrected chi connectivity index (χ0v) is 13.8. The van der Waals surface area contributed by atoms with Crippen LogP contribution in [-0.4, -0.2) is 17.1 Å². The molecule has 0 bridgehead atoms. The molecule has 0 saturated carbocycles. The van der Waals surface area contributed by atoms with Gasteiger partial charge in [0.2, 0.25) is 0 Å². The van der Waals surface area contributed by atoms with E-state index in [2.05, 4.69) is 0 Å². The Morgan fingerprint density at radius 2 is 1.83 bits per heavy atom. The molecule has 0 atom stereocenters. The number of carbonyl (C=O) groups excluding carboxylic acids is 2. The molecule has 4 heteroatoms. The molecule has 0 spiro atoms. The van der Waals surface area contributed by atoms with E-state index in [-0.39, 0.29) is 0 Å². The Labute approximate surface area is 144 Å². The van der Waals surface area contributed by atoms with E-state index in [0.29, 0.717) is 22.7 Å². The minimum absolute atomic E-state index is 0.368. The Hall–Kier alpha value is -2.65. The maximum Gasteiger partial charge on any atom is 0.152 e. The first-order valence-corrected chi connectivity index (χ1v) is 8.05. The Morgan fingerprint density at radius 3 is 2.50 bits per heavy atom. The maximum absolute atomic E-state index is 11.9. The van der Waals surface area contributed by atoms with E-state index in [0.717, 1.165) is 45.9 Å². The summed E-state index contributed by atoms with van der Waals surface area (Å²) in [7, 11) is 0. The van der Waals surface area contributed by atoms with Gasteiger partial charge in [-0.1, -0.05) is 41.9 Å². The lowest BCUT2D eigenvalue weighted by atomic mass is 10.0. The van der Waals surface area contributed by atoms with E-state index in [1.807, 2.05) is 54.0 Å². The number of hydrogen-bond donors (Lipinski definition) is 0. The van der Waals surface area contributed by atoms with Crippen molar-refractivity contribution in [2.45, 2.75) is 13.5 Å². The van der Waals surface area contributed by atoms with Crippen LogP contribution in [0.1, 0.15) is 21.5 Å². The average molecular weight is 336 g/mol. The Balaban J connectivity index is 2.19. The minimum atomic E-state index is 0.368. The summed E-state index contributed by atoms with van der Waals surface area (Å²) >= 11 is 6.45. The van der Waals surface area contributed by atoms with Crippen molar-refractivity contribution in [3.05, 3.63) is 64.7 Å². The number of aldehydes is 2. The quantitative estimate of drug-likeness (QED) is 0.656. The fraction of sp³-hybridized carbons (Fsp3) is 0.100. The van der Waals surface area contributed by atoms with Gasteiger partial charge in [0.05, 0.1) is 22.8 Å². The third-order valence-electron chi connectivity index (χ3n) is 4.49. The van der Waals surface area contributed by atoms with Crippen LogP contribution in [0.5, 0.6) is 0 Å². The molecule has 2 aromatic carbocycles. The van der Waals surface area contributed by atoms with Gasteiger partial charge in [-0.05, 0) is 30.2 Å².